The quantitative estimate of drug-likeness (QED) is 0.490. The number of amides is 3. The lowest BCUT2D eigenvalue weighted by molar-refractivity contribution is -0.128. The molecule has 0 saturated carbocycles. The monoisotopic (exact) mass is 407 g/mol. The molecule has 2 aliphatic rings. The molecule has 2 heterocycles. The number of nitrogens with zero attached hydrogens (tertiary/aromatic N) is 3. The second kappa shape index (κ2) is 9.72. The molecule has 2 fully saturated rings. The first kappa shape index (κ1) is 21.1. The fraction of sp³-hybridized carbons (Fsp3) is 0.619. The van der Waals surface area contributed by atoms with Gasteiger partial charge in [-0.1, -0.05) is 30.7 Å². The molecule has 6 nitrogen and oxygen atoms in total. The van der Waals surface area contributed by atoms with E-state index in [1.807, 2.05) is 19.1 Å². The molecular weight excluding hydrogens is 378 g/mol. The molecule has 0 aliphatic carbocycles. The molecule has 0 radical (unpaired) electrons. The van der Waals surface area contributed by atoms with Crippen molar-refractivity contribution in [3.63, 3.8) is 0 Å². The van der Waals surface area contributed by atoms with E-state index < -0.39 is 0 Å². The maximum atomic E-state index is 12.9. The van der Waals surface area contributed by atoms with Gasteiger partial charge in [-0.05, 0) is 43.4 Å². The van der Waals surface area contributed by atoms with Crippen molar-refractivity contribution in [1.29, 1.82) is 0 Å². The summed E-state index contributed by atoms with van der Waals surface area (Å²) in [5, 5.41) is 0.663. The van der Waals surface area contributed by atoms with Crippen LogP contribution < -0.4 is 0 Å². The van der Waals surface area contributed by atoms with Crippen LogP contribution in [0.3, 0.4) is 0 Å². The summed E-state index contributed by atoms with van der Waals surface area (Å²) in [7, 11) is 0. The largest absolute Gasteiger partial charge is 0.382 e. The van der Waals surface area contributed by atoms with Gasteiger partial charge in [0.05, 0.1) is 0 Å². The molecule has 0 aromatic heterocycles. The van der Waals surface area contributed by atoms with E-state index in [-0.39, 0.29) is 30.4 Å². The number of ether oxygens (including phenoxy) is 1. The van der Waals surface area contributed by atoms with Gasteiger partial charge < -0.3 is 14.5 Å². The van der Waals surface area contributed by atoms with Gasteiger partial charge in [-0.2, -0.15) is 0 Å². The Morgan fingerprint density at radius 2 is 1.96 bits per heavy atom. The Bertz CT molecular complexity index is 682. The molecule has 3 rings (SSSR count). The van der Waals surface area contributed by atoms with E-state index in [1.165, 1.54) is 4.90 Å². The number of carbonyl (C=O) groups is 2. The highest BCUT2D eigenvalue weighted by atomic mass is 35.5. The minimum Gasteiger partial charge on any atom is -0.382 e. The minimum atomic E-state index is -0.165. The van der Waals surface area contributed by atoms with Crippen molar-refractivity contribution < 1.29 is 14.3 Å². The number of benzene rings is 1. The summed E-state index contributed by atoms with van der Waals surface area (Å²) in [6.45, 7) is 9.10. The number of piperidine rings is 1. The predicted molar refractivity (Wildman–Crippen MR) is 109 cm³/mol. The first-order valence-corrected chi connectivity index (χ1v) is 10.5. The lowest BCUT2D eigenvalue weighted by Gasteiger charge is -2.40. The molecule has 0 bridgehead atoms. The van der Waals surface area contributed by atoms with E-state index in [9.17, 15) is 9.59 Å². The highest BCUT2D eigenvalue weighted by Gasteiger charge is 2.43. The number of hydrogen-bond acceptors (Lipinski definition) is 4. The van der Waals surface area contributed by atoms with Crippen molar-refractivity contribution in [3.05, 3.63) is 34.9 Å². The van der Waals surface area contributed by atoms with Gasteiger partial charge in [-0.3, -0.25) is 9.69 Å². The molecule has 7 heteroatoms. The van der Waals surface area contributed by atoms with Gasteiger partial charge in [-0.15, -0.1) is 0 Å². The normalized spacial score (nSPS) is 23.7. The van der Waals surface area contributed by atoms with E-state index in [1.54, 1.807) is 17.0 Å². The van der Waals surface area contributed by atoms with E-state index in [0.29, 0.717) is 11.6 Å². The summed E-state index contributed by atoms with van der Waals surface area (Å²) in [5.41, 5.74) is 0.976. The van der Waals surface area contributed by atoms with E-state index in [4.69, 9.17) is 16.3 Å². The van der Waals surface area contributed by atoms with Crippen molar-refractivity contribution in [2.24, 2.45) is 5.92 Å². The van der Waals surface area contributed by atoms with Crippen LogP contribution in [-0.4, -0.2) is 72.1 Å². The fourth-order valence-corrected chi connectivity index (χ4v) is 4.29. The van der Waals surface area contributed by atoms with Crippen LogP contribution in [-0.2, 0) is 16.1 Å². The van der Waals surface area contributed by atoms with Crippen LogP contribution in [0.4, 0.5) is 4.79 Å². The molecule has 1 aromatic rings. The third-order valence-corrected chi connectivity index (χ3v) is 5.85. The van der Waals surface area contributed by atoms with Crippen LogP contribution in [0.2, 0.25) is 5.02 Å². The van der Waals surface area contributed by atoms with Gasteiger partial charge in [0.25, 0.3) is 5.91 Å². The Balaban J connectivity index is 1.55. The molecule has 2 saturated heterocycles. The molecular formula is C21H30ClN3O3. The molecule has 0 N–H and O–H groups in total. The molecule has 28 heavy (non-hydrogen) atoms. The standard InChI is InChI=1S/C21H30ClN3O3/c1-3-28-12-4-10-23-11-9-19(16(2)13-23)25-20(26)15-24(21(25)27)14-17-5-7-18(22)8-6-17/h5-8,16,19H,3-4,9-15H2,1-2H3/t16-,19+/m0/s1. The van der Waals surface area contributed by atoms with Crippen LogP contribution in [0.1, 0.15) is 32.3 Å². The zero-order chi connectivity index (χ0) is 20.1. The predicted octanol–water partition coefficient (Wildman–Crippen LogP) is 3.24. The number of hydrogen-bond donors (Lipinski definition) is 0. The van der Waals surface area contributed by atoms with Gasteiger partial charge in [0.15, 0.2) is 0 Å². The first-order valence-electron chi connectivity index (χ1n) is 10.1. The Morgan fingerprint density at radius 3 is 2.64 bits per heavy atom. The lowest BCUT2D eigenvalue weighted by Crippen LogP contribution is -2.52. The molecule has 3 amide bonds. The van der Waals surface area contributed by atoms with Crippen LogP contribution in [0.15, 0.2) is 24.3 Å². The zero-order valence-corrected chi connectivity index (χ0v) is 17.5. The van der Waals surface area contributed by atoms with Crippen molar-refractivity contribution in [3.8, 4) is 0 Å². The molecule has 2 aliphatic heterocycles. The number of halogens is 1. The van der Waals surface area contributed by atoms with Gasteiger partial charge in [0, 0.05) is 50.5 Å². The zero-order valence-electron chi connectivity index (χ0n) is 16.8. The number of urea groups is 1. The lowest BCUT2D eigenvalue weighted by atomic mass is 9.92. The maximum Gasteiger partial charge on any atom is 0.327 e. The summed E-state index contributed by atoms with van der Waals surface area (Å²) in [6, 6.07) is 7.22. The Morgan fingerprint density at radius 1 is 1.21 bits per heavy atom. The third kappa shape index (κ3) is 5.04. The Hall–Kier alpha value is -1.63. The van der Waals surface area contributed by atoms with Crippen molar-refractivity contribution in [1.82, 2.24) is 14.7 Å². The summed E-state index contributed by atoms with van der Waals surface area (Å²) >= 11 is 5.93. The average molecular weight is 408 g/mol. The summed E-state index contributed by atoms with van der Waals surface area (Å²) < 4.78 is 5.41. The average Bonchev–Trinajstić information content (AvgIpc) is 2.94. The SMILES string of the molecule is CCOCCCN1CC[C@@H](N2C(=O)CN(Cc3ccc(Cl)cc3)C2=O)[C@@H](C)C1. The number of carbonyl (C=O) groups excluding carboxylic acids is 2. The van der Waals surface area contributed by atoms with Gasteiger partial charge in [-0.25, -0.2) is 4.79 Å². The van der Waals surface area contributed by atoms with E-state index in [0.717, 1.165) is 51.3 Å². The molecule has 154 valence electrons. The summed E-state index contributed by atoms with van der Waals surface area (Å²) in [4.78, 5) is 31.1. The van der Waals surface area contributed by atoms with Gasteiger partial charge in [0.1, 0.15) is 6.54 Å². The van der Waals surface area contributed by atoms with Crippen LogP contribution in [0, 0.1) is 5.92 Å². The third-order valence-electron chi connectivity index (χ3n) is 5.60. The maximum absolute atomic E-state index is 12.9. The van der Waals surface area contributed by atoms with Gasteiger partial charge >= 0.3 is 6.03 Å². The molecule has 0 unspecified atom stereocenters. The highest BCUT2D eigenvalue weighted by Crippen LogP contribution is 2.27. The molecule has 0 spiro atoms. The van der Waals surface area contributed by atoms with Crippen molar-refractivity contribution in [2.45, 2.75) is 39.3 Å². The molecule has 2 atom stereocenters. The first-order chi connectivity index (χ1) is 13.5. The van der Waals surface area contributed by atoms with E-state index >= 15 is 0 Å². The van der Waals surface area contributed by atoms with E-state index in [2.05, 4.69) is 11.8 Å². The second-order valence-corrected chi connectivity index (χ2v) is 8.15. The van der Waals surface area contributed by atoms with Crippen molar-refractivity contribution >= 4 is 23.5 Å². The minimum absolute atomic E-state index is 0.0154. The summed E-state index contributed by atoms with van der Waals surface area (Å²) in [5.74, 6) is 0.185. The number of rotatable bonds is 8. The number of likely N-dealkylation sites (tertiary alicyclic amines) is 1. The van der Waals surface area contributed by atoms with Gasteiger partial charge in [0.2, 0.25) is 0 Å². The number of imide groups is 1. The molecule has 1 aromatic carbocycles. The summed E-state index contributed by atoms with van der Waals surface area (Å²) in [6.07, 6.45) is 1.85. The highest BCUT2D eigenvalue weighted by molar-refractivity contribution is 6.30. The smallest absolute Gasteiger partial charge is 0.327 e. The van der Waals surface area contributed by atoms with Crippen molar-refractivity contribution in [2.75, 3.05) is 39.4 Å². The van der Waals surface area contributed by atoms with Crippen LogP contribution in [0.5, 0.6) is 0 Å². The van der Waals surface area contributed by atoms with Crippen LogP contribution in [0.25, 0.3) is 0 Å². The Kier molecular flexibility index (Phi) is 7.32. The Labute approximate surface area is 172 Å². The van der Waals surface area contributed by atoms with Crippen LogP contribution >= 0.6 is 11.6 Å². The topological polar surface area (TPSA) is 53.1 Å². The fourth-order valence-electron chi connectivity index (χ4n) is 4.17. The second-order valence-electron chi connectivity index (χ2n) is 7.71.